The van der Waals surface area contributed by atoms with Crippen molar-refractivity contribution < 1.29 is 9.53 Å². The molecule has 4 nitrogen and oxygen atoms in total. The summed E-state index contributed by atoms with van der Waals surface area (Å²) in [5.74, 6) is -0.290. The first-order chi connectivity index (χ1) is 8.58. The largest absolute Gasteiger partial charge is 0.384 e. The quantitative estimate of drug-likeness (QED) is 0.835. The van der Waals surface area contributed by atoms with Crippen LogP contribution in [-0.2, 0) is 9.53 Å². The van der Waals surface area contributed by atoms with Gasteiger partial charge in [-0.05, 0) is 25.1 Å². The van der Waals surface area contributed by atoms with E-state index in [0.717, 1.165) is 12.2 Å². The number of amides is 1. The molecule has 0 fully saturated rings. The number of hydrogen-bond donors (Lipinski definition) is 2. The average molecular weight is 271 g/mol. The number of carbonyl (C=O) groups excluding carboxylic acids is 1. The zero-order valence-electron chi connectivity index (χ0n) is 10.9. The lowest BCUT2D eigenvalue weighted by Crippen LogP contribution is -2.24. The van der Waals surface area contributed by atoms with Gasteiger partial charge in [-0.1, -0.05) is 18.5 Å². The Morgan fingerprint density at radius 2 is 2.17 bits per heavy atom. The Labute approximate surface area is 113 Å². The van der Waals surface area contributed by atoms with E-state index in [1.54, 1.807) is 19.2 Å². The van der Waals surface area contributed by atoms with Gasteiger partial charge in [0.1, 0.15) is 0 Å². The number of halogens is 1. The van der Waals surface area contributed by atoms with Crippen molar-refractivity contribution >= 4 is 28.9 Å². The van der Waals surface area contributed by atoms with Crippen LogP contribution < -0.4 is 10.6 Å². The minimum atomic E-state index is -0.205. The Hall–Kier alpha value is -1.26. The second kappa shape index (κ2) is 7.24. The van der Waals surface area contributed by atoms with Crippen molar-refractivity contribution in [2.75, 3.05) is 30.9 Å². The maximum absolute atomic E-state index is 11.9. The zero-order chi connectivity index (χ0) is 13.5. The van der Waals surface area contributed by atoms with Gasteiger partial charge in [0.2, 0.25) is 5.91 Å². The van der Waals surface area contributed by atoms with Gasteiger partial charge >= 0.3 is 0 Å². The fourth-order valence-corrected chi connectivity index (χ4v) is 1.72. The molecule has 0 aliphatic heterocycles. The monoisotopic (exact) mass is 270 g/mol. The SMILES string of the molecule is CCNc1ccc(Cl)cc1NC(=O)[C@@H](C)COC. The molecule has 100 valence electrons. The van der Waals surface area contributed by atoms with Crippen LogP contribution in [0.25, 0.3) is 0 Å². The molecule has 1 amide bonds. The van der Waals surface area contributed by atoms with Crippen LogP contribution in [0.1, 0.15) is 13.8 Å². The van der Waals surface area contributed by atoms with Crippen LogP contribution in [0.2, 0.25) is 5.02 Å². The molecule has 0 aliphatic rings. The van der Waals surface area contributed by atoms with Gasteiger partial charge in [0.05, 0.1) is 23.9 Å². The van der Waals surface area contributed by atoms with E-state index in [9.17, 15) is 4.79 Å². The van der Waals surface area contributed by atoms with Gasteiger partial charge < -0.3 is 15.4 Å². The van der Waals surface area contributed by atoms with E-state index < -0.39 is 0 Å². The molecule has 2 N–H and O–H groups in total. The third-order valence-electron chi connectivity index (χ3n) is 2.47. The van der Waals surface area contributed by atoms with E-state index in [-0.39, 0.29) is 11.8 Å². The number of anilines is 2. The summed E-state index contributed by atoms with van der Waals surface area (Å²) in [6.07, 6.45) is 0. The van der Waals surface area contributed by atoms with Crippen molar-refractivity contribution in [3.05, 3.63) is 23.2 Å². The highest BCUT2D eigenvalue weighted by Crippen LogP contribution is 2.26. The maximum atomic E-state index is 11.9. The molecule has 1 rings (SSSR count). The Kier molecular flexibility index (Phi) is 5.95. The highest BCUT2D eigenvalue weighted by molar-refractivity contribution is 6.31. The van der Waals surface area contributed by atoms with E-state index in [4.69, 9.17) is 16.3 Å². The molecule has 0 heterocycles. The van der Waals surface area contributed by atoms with E-state index in [2.05, 4.69) is 10.6 Å². The second-order valence-corrected chi connectivity index (χ2v) is 4.50. The Morgan fingerprint density at radius 3 is 2.78 bits per heavy atom. The summed E-state index contributed by atoms with van der Waals surface area (Å²) in [5, 5.41) is 6.62. The summed E-state index contributed by atoms with van der Waals surface area (Å²) < 4.78 is 4.96. The molecule has 5 heteroatoms. The van der Waals surface area contributed by atoms with Gasteiger partial charge in [0, 0.05) is 18.7 Å². The molecule has 0 bridgehead atoms. The van der Waals surface area contributed by atoms with Crippen LogP contribution in [0.4, 0.5) is 11.4 Å². The zero-order valence-corrected chi connectivity index (χ0v) is 11.7. The van der Waals surface area contributed by atoms with Crippen molar-refractivity contribution in [2.45, 2.75) is 13.8 Å². The molecule has 0 unspecified atom stereocenters. The Morgan fingerprint density at radius 1 is 1.44 bits per heavy atom. The highest BCUT2D eigenvalue weighted by Gasteiger charge is 2.14. The van der Waals surface area contributed by atoms with Crippen LogP contribution in [0, 0.1) is 5.92 Å². The fraction of sp³-hybridized carbons (Fsp3) is 0.462. The normalized spacial score (nSPS) is 12.0. The van der Waals surface area contributed by atoms with Crippen LogP contribution in [-0.4, -0.2) is 26.2 Å². The molecule has 18 heavy (non-hydrogen) atoms. The first kappa shape index (κ1) is 14.8. The van der Waals surface area contributed by atoms with Crippen LogP contribution in [0.3, 0.4) is 0 Å². The lowest BCUT2D eigenvalue weighted by Gasteiger charge is -2.15. The van der Waals surface area contributed by atoms with Crippen LogP contribution in [0.5, 0.6) is 0 Å². The molecule has 0 saturated heterocycles. The number of methoxy groups -OCH3 is 1. The smallest absolute Gasteiger partial charge is 0.229 e. The van der Waals surface area contributed by atoms with Crippen molar-refractivity contribution in [3.8, 4) is 0 Å². The van der Waals surface area contributed by atoms with E-state index in [0.29, 0.717) is 17.3 Å². The number of ether oxygens (including phenoxy) is 1. The Bertz CT molecular complexity index is 410. The molecule has 0 spiro atoms. The minimum Gasteiger partial charge on any atom is -0.384 e. The molecule has 0 aromatic heterocycles. The third-order valence-corrected chi connectivity index (χ3v) is 2.71. The molecule has 1 aromatic carbocycles. The van der Waals surface area contributed by atoms with Gasteiger partial charge in [0.25, 0.3) is 0 Å². The first-order valence-electron chi connectivity index (χ1n) is 5.91. The number of carbonyl (C=O) groups is 1. The lowest BCUT2D eigenvalue weighted by atomic mass is 10.1. The molecule has 1 aromatic rings. The Balaban J connectivity index is 2.81. The van der Waals surface area contributed by atoms with E-state index in [1.165, 1.54) is 0 Å². The number of nitrogens with one attached hydrogen (secondary N) is 2. The van der Waals surface area contributed by atoms with Gasteiger partial charge in [-0.2, -0.15) is 0 Å². The topological polar surface area (TPSA) is 50.4 Å². The number of hydrogen-bond acceptors (Lipinski definition) is 3. The molecule has 0 radical (unpaired) electrons. The summed E-state index contributed by atoms with van der Waals surface area (Å²) in [6, 6.07) is 5.37. The van der Waals surface area contributed by atoms with Crippen molar-refractivity contribution in [3.63, 3.8) is 0 Å². The average Bonchev–Trinajstić information content (AvgIpc) is 2.33. The van der Waals surface area contributed by atoms with Gasteiger partial charge in [-0.15, -0.1) is 0 Å². The first-order valence-corrected chi connectivity index (χ1v) is 6.29. The van der Waals surface area contributed by atoms with Gasteiger partial charge in [-0.25, -0.2) is 0 Å². The predicted octanol–water partition coefficient (Wildman–Crippen LogP) is 2.99. The molecule has 0 aliphatic carbocycles. The summed E-state index contributed by atoms with van der Waals surface area (Å²) >= 11 is 5.94. The highest BCUT2D eigenvalue weighted by atomic mass is 35.5. The van der Waals surface area contributed by atoms with Gasteiger partial charge in [0.15, 0.2) is 0 Å². The second-order valence-electron chi connectivity index (χ2n) is 4.07. The standard InChI is InChI=1S/C13H19ClN2O2/c1-4-15-11-6-5-10(14)7-12(11)16-13(17)9(2)8-18-3/h5-7,9,15H,4,8H2,1-3H3,(H,16,17)/t9-/m0/s1. The predicted molar refractivity (Wildman–Crippen MR) is 75.3 cm³/mol. The van der Waals surface area contributed by atoms with Crippen molar-refractivity contribution in [1.29, 1.82) is 0 Å². The summed E-state index contributed by atoms with van der Waals surface area (Å²) in [7, 11) is 1.58. The van der Waals surface area contributed by atoms with Crippen molar-refractivity contribution in [2.24, 2.45) is 5.92 Å². The maximum Gasteiger partial charge on any atom is 0.229 e. The van der Waals surface area contributed by atoms with E-state index >= 15 is 0 Å². The number of rotatable bonds is 6. The van der Waals surface area contributed by atoms with Crippen LogP contribution >= 0.6 is 11.6 Å². The summed E-state index contributed by atoms with van der Waals surface area (Å²) in [6.45, 7) is 4.98. The third kappa shape index (κ3) is 4.20. The number of benzene rings is 1. The van der Waals surface area contributed by atoms with Crippen molar-refractivity contribution in [1.82, 2.24) is 0 Å². The molecular weight excluding hydrogens is 252 g/mol. The summed E-state index contributed by atoms with van der Waals surface area (Å²) in [5.41, 5.74) is 1.55. The molecule has 0 saturated carbocycles. The lowest BCUT2D eigenvalue weighted by molar-refractivity contribution is -0.120. The van der Waals surface area contributed by atoms with Crippen LogP contribution in [0.15, 0.2) is 18.2 Å². The summed E-state index contributed by atoms with van der Waals surface area (Å²) in [4.78, 5) is 11.9. The van der Waals surface area contributed by atoms with E-state index in [1.807, 2.05) is 19.9 Å². The van der Waals surface area contributed by atoms with Gasteiger partial charge in [-0.3, -0.25) is 4.79 Å². The molecular formula is C13H19ClN2O2. The minimum absolute atomic E-state index is 0.0849. The fourth-order valence-electron chi connectivity index (χ4n) is 1.55. The molecule has 1 atom stereocenters.